The van der Waals surface area contributed by atoms with Gasteiger partial charge in [-0.2, -0.15) is 0 Å². The first-order valence-corrected chi connectivity index (χ1v) is 8.84. The highest BCUT2D eigenvalue weighted by atomic mass is 32.1. The van der Waals surface area contributed by atoms with Crippen molar-refractivity contribution in [2.45, 2.75) is 13.0 Å². The summed E-state index contributed by atoms with van der Waals surface area (Å²) in [5.74, 6) is -0.527. The van der Waals surface area contributed by atoms with Gasteiger partial charge in [0.15, 0.2) is 0 Å². The molecule has 2 N–H and O–H groups in total. The molecule has 6 nitrogen and oxygen atoms in total. The van der Waals surface area contributed by atoms with Gasteiger partial charge in [0.05, 0.1) is 23.6 Å². The van der Waals surface area contributed by atoms with Gasteiger partial charge in [-0.3, -0.25) is 4.79 Å². The highest BCUT2D eigenvalue weighted by molar-refractivity contribution is 7.82. The van der Waals surface area contributed by atoms with E-state index in [2.05, 4.69) is 23.4 Å². The second-order valence-electron chi connectivity index (χ2n) is 5.98. The molecular weight excluding hydrogens is 381 g/mol. The molecule has 0 aliphatic heterocycles. The molecule has 144 valence electrons. The Bertz CT molecular complexity index is 961. The third-order valence-corrected chi connectivity index (χ3v) is 4.40. The van der Waals surface area contributed by atoms with Crippen LogP contribution in [0.15, 0.2) is 71.3 Å². The first-order valence-electron chi connectivity index (χ1n) is 8.44. The SMILES string of the molecule is CC(NC(=O)N(S)c1ccc(NC(=O)c2ccccc2F)cc1)c1ccco1. The smallest absolute Gasteiger partial charge is 0.332 e. The summed E-state index contributed by atoms with van der Waals surface area (Å²) in [7, 11) is 0. The molecule has 1 unspecified atom stereocenters. The number of benzene rings is 2. The number of carbonyl (C=O) groups excluding carboxylic acids is 2. The molecule has 1 atom stereocenters. The Balaban J connectivity index is 1.62. The fraction of sp³-hybridized carbons (Fsp3) is 0.100. The van der Waals surface area contributed by atoms with Crippen molar-refractivity contribution in [1.82, 2.24) is 5.32 Å². The summed E-state index contributed by atoms with van der Waals surface area (Å²) < 4.78 is 20.1. The van der Waals surface area contributed by atoms with Crippen LogP contribution in [0.3, 0.4) is 0 Å². The molecule has 0 aliphatic rings. The van der Waals surface area contributed by atoms with Crippen LogP contribution in [0.5, 0.6) is 0 Å². The molecule has 0 saturated carbocycles. The summed E-state index contributed by atoms with van der Waals surface area (Å²) in [5.41, 5.74) is 0.910. The third-order valence-electron chi connectivity index (χ3n) is 3.99. The molecule has 0 spiro atoms. The Morgan fingerprint density at radius 2 is 1.79 bits per heavy atom. The minimum Gasteiger partial charge on any atom is -0.467 e. The van der Waals surface area contributed by atoms with Crippen LogP contribution >= 0.6 is 12.8 Å². The van der Waals surface area contributed by atoms with E-state index < -0.39 is 17.8 Å². The van der Waals surface area contributed by atoms with Crippen molar-refractivity contribution >= 4 is 36.1 Å². The number of furan rings is 1. The maximum atomic E-state index is 13.7. The standard InChI is InChI=1S/C20H18FN3O3S/c1-13(18-7-4-12-27-18)22-20(26)24(28)15-10-8-14(9-11-15)23-19(25)16-5-2-3-6-17(16)21/h2-13,28H,1H3,(H,22,26)(H,23,25). The number of nitrogens with zero attached hydrogens (tertiary/aromatic N) is 1. The summed E-state index contributed by atoms with van der Waals surface area (Å²) in [6.07, 6.45) is 1.53. The van der Waals surface area contributed by atoms with Crippen LogP contribution in [0.4, 0.5) is 20.6 Å². The molecule has 1 aromatic heterocycles. The highest BCUT2D eigenvalue weighted by Gasteiger charge is 2.17. The largest absolute Gasteiger partial charge is 0.467 e. The van der Waals surface area contributed by atoms with Crippen LogP contribution in [0.1, 0.15) is 29.1 Å². The van der Waals surface area contributed by atoms with E-state index in [4.69, 9.17) is 4.42 Å². The fourth-order valence-corrected chi connectivity index (χ4v) is 2.69. The van der Waals surface area contributed by atoms with Gasteiger partial charge >= 0.3 is 6.03 Å². The summed E-state index contributed by atoms with van der Waals surface area (Å²) in [5, 5.41) is 5.37. The number of nitrogens with one attached hydrogen (secondary N) is 2. The van der Waals surface area contributed by atoms with Gasteiger partial charge in [0.1, 0.15) is 11.6 Å². The number of hydrogen-bond donors (Lipinski definition) is 3. The third kappa shape index (κ3) is 4.52. The minimum absolute atomic E-state index is 0.0475. The van der Waals surface area contributed by atoms with Crippen LogP contribution < -0.4 is 14.9 Å². The lowest BCUT2D eigenvalue weighted by atomic mass is 10.2. The normalized spacial score (nSPS) is 11.5. The van der Waals surface area contributed by atoms with E-state index in [9.17, 15) is 14.0 Å². The number of thiol groups is 1. The zero-order chi connectivity index (χ0) is 20.1. The molecule has 0 radical (unpaired) electrons. The van der Waals surface area contributed by atoms with E-state index in [1.165, 1.54) is 24.5 Å². The summed E-state index contributed by atoms with van der Waals surface area (Å²) in [6, 6.07) is 14.9. The van der Waals surface area contributed by atoms with Crippen LogP contribution in [-0.4, -0.2) is 11.9 Å². The maximum Gasteiger partial charge on any atom is 0.332 e. The highest BCUT2D eigenvalue weighted by Crippen LogP contribution is 2.21. The number of halogens is 1. The lowest BCUT2D eigenvalue weighted by Crippen LogP contribution is -2.35. The molecule has 8 heteroatoms. The molecule has 3 rings (SSSR count). The van der Waals surface area contributed by atoms with Gasteiger partial charge in [-0.15, -0.1) is 0 Å². The molecule has 3 amide bonds. The van der Waals surface area contributed by atoms with Gasteiger partial charge in [0.2, 0.25) is 0 Å². The molecule has 28 heavy (non-hydrogen) atoms. The minimum atomic E-state index is -0.597. The van der Waals surface area contributed by atoms with Crippen molar-refractivity contribution in [2.24, 2.45) is 0 Å². The number of anilines is 2. The van der Waals surface area contributed by atoms with Gasteiger partial charge in [-0.1, -0.05) is 24.9 Å². The van der Waals surface area contributed by atoms with Crippen LogP contribution in [0.2, 0.25) is 0 Å². The number of hydrogen-bond acceptors (Lipinski definition) is 4. The Hall–Kier alpha value is -3.26. The van der Waals surface area contributed by atoms with Crippen LogP contribution in [0.25, 0.3) is 0 Å². The molecule has 1 heterocycles. The van der Waals surface area contributed by atoms with Crippen LogP contribution in [-0.2, 0) is 0 Å². The zero-order valence-corrected chi connectivity index (χ0v) is 15.8. The van der Waals surface area contributed by atoms with E-state index >= 15 is 0 Å². The van der Waals surface area contributed by atoms with E-state index in [0.717, 1.165) is 4.31 Å². The first kappa shape index (κ1) is 19.5. The quantitative estimate of drug-likeness (QED) is 0.540. The van der Waals surface area contributed by atoms with Gasteiger partial charge < -0.3 is 15.1 Å². The molecule has 0 aliphatic carbocycles. The molecular formula is C20H18FN3O3S. The molecule has 3 aromatic rings. The van der Waals surface area contributed by atoms with Gasteiger partial charge in [-0.25, -0.2) is 13.5 Å². The van der Waals surface area contributed by atoms with Crippen molar-refractivity contribution in [3.8, 4) is 0 Å². The Labute approximate surface area is 166 Å². The fourth-order valence-electron chi connectivity index (χ4n) is 2.50. The second-order valence-corrected chi connectivity index (χ2v) is 6.38. The summed E-state index contributed by atoms with van der Waals surface area (Å²) in [6.45, 7) is 1.79. The van der Waals surface area contributed by atoms with Crippen molar-refractivity contribution < 1.29 is 18.4 Å². The van der Waals surface area contributed by atoms with Crippen LogP contribution in [0, 0.1) is 5.82 Å². The first-order chi connectivity index (χ1) is 13.5. The average molecular weight is 399 g/mol. The molecule has 0 saturated heterocycles. The predicted molar refractivity (Wildman–Crippen MR) is 108 cm³/mol. The van der Waals surface area contributed by atoms with E-state index in [1.54, 1.807) is 49.4 Å². The number of amides is 3. The van der Waals surface area contributed by atoms with Gasteiger partial charge in [0, 0.05) is 5.69 Å². The topological polar surface area (TPSA) is 74.6 Å². The summed E-state index contributed by atoms with van der Waals surface area (Å²) >= 11 is 4.22. The Morgan fingerprint density at radius 1 is 1.07 bits per heavy atom. The number of rotatable bonds is 5. The van der Waals surface area contributed by atoms with E-state index in [1.807, 2.05) is 0 Å². The zero-order valence-electron chi connectivity index (χ0n) is 14.9. The predicted octanol–water partition coefficient (Wildman–Crippen LogP) is 4.79. The lowest BCUT2D eigenvalue weighted by Gasteiger charge is -2.19. The molecule has 0 fully saturated rings. The Kier molecular flexibility index (Phi) is 6.00. The van der Waals surface area contributed by atoms with E-state index in [0.29, 0.717) is 17.1 Å². The van der Waals surface area contributed by atoms with E-state index in [-0.39, 0.29) is 11.6 Å². The van der Waals surface area contributed by atoms with Crippen molar-refractivity contribution in [1.29, 1.82) is 0 Å². The molecule has 2 aromatic carbocycles. The van der Waals surface area contributed by atoms with Crippen molar-refractivity contribution in [3.63, 3.8) is 0 Å². The van der Waals surface area contributed by atoms with Crippen molar-refractivity contribution in [2.75, 3.05) is 9.62 Å². The second kappa shape index (κ2) is 8.62. The monoisotopic (exact) mass is 399 g/mol. The van der Waals surface area contributed by atoms with Gasteiger partial charge in [0.25, 0.3) is 5.91 Å². The maximum absolute atomic E-state index is 13.7. The number of carbonyl (C=O) groups is 2. The number of urea groups is 1. The van der Waals surface area contributed by atoms with Gasteiger partial charge in [-0.05, 0) is 55.5 Å². The summed E-state index contributed by atoms with van der Waals surface area (Å²) in [4.78, 5) is 24.5. The van der Waals surface area contributed by atoms with Crippen molar-refractivity contribution in [3.05, 3.63) is 84.1 Å². The lowest BCUT2D eigenvalue weighted by molar-refractivity contribution is 0.102. The Morgan fingerprint density at radius 3 is 2.43 bits per heavy atom. The molecule has 0 bridgehead atoms. The average Bonchev–Trinajstić information content (AvgIpc) is 3.23.